The van der Waals surface area contributed by atoms with Crippen LogP contribution in [0.15, 0.2) is 48.7 Å². The van der Waals surface area contributed by atoms with Crippen molar-refractivity contribution in [1.29, 1.82) is 0 Å². The molecule has 0 saturated carbocycles. The maximum Gasteiger partial charge on any atom is 0.133 e. The van der Waals surface area contributed by atoms with Crippen LogP contribution in [0.4, 0.5) is 0 Å². The minimum atomic E-state index is 0.567. The van der Waals surface area contributed by atoms with Crippen molar-refractivity contribution in [1.82, 2.24) is 9.88 Å². The van der Waals surface area contributed by atoms with Gasteiger partial charge in [-0.3, -0.25) is 4.90 Å². The van der Waals surface area contributed by atoms with E-state index in [0.29, 0.717) is 11.7 Å². The summed E-state index contributed by atoms with van der Waals surface area (Å²) < 4.78 is 0. The first kappa shape index (κ1) is 14.0. The van der Waals surface area contributed by atoms with Crippen LogP contribution in [0, 0.1) is 0 Å². The largest absolute Gasteiger partial charge is 0.329 e. The highest BCUT2D eigenvalue weighted by Gasteiger charge is 2.09. The van der Waals surface area contributed by atoms with E-state index in [1.807, 2.05) is 30.3 Å². The summed E-state index contributed by atoms with van der Waals surface area (Å²) in [5.74, 6) is 0. The Morgan fingerprint density at radius 2 is 1.84 bits per heavy atom. The molecule has 0 aliphatic rings. The zero-order valence-electron chi connectivity index (χ0n) is 10.8. The van der Waals surface area contributed by atoms with Gasteiger partial charge in [-0.25, -0.2) is 4.98 Å². The predicted molar refractivity (Wildman–Crippen MR) is 78.9 cm³/mol. The van der Waals surface area contributed by atoms with Crippen molar-refractivity contribution in [2.24, 2.45) is 5.73 Å². The minimum Gasteiger partial charge on any atom is -0.329 e. The first-order chi connectivity index (χ1) is 9.29. The van der Waals surface area contributed by atoms with Gasteiger partial charge in [0.05, 0.1) is 0 Å². The number of hydrogen-bond donors (Lipinski definition) is 1. The number of benzene rings is 1. The highest BCUT2D eigenvalue weighted by molar-refractivity contribution is 6.30. The number of nitrogens with zero attached hydrogens (tertiary/aromatic N) is 2. The first-order valence-electron chi connectivity index (χ1n) is 6.35. The van der Waals surface area contributed by atoms with E-state index in [1.165, 1.54) is 5.56 Å². The molecule has 0 fully saturated rings. The lowest BCUT2D eigenvalue weighted by atomic mass is 10.2. The van der Waals surface area contributed by atoms with Gasteiger partial charge in [-0.1, -0.05) is 48.0 Å². The van der Waals surface area contributed by atoms with Gasteiger partial charge in [-0.15, -0.1) is 0 Å². The van der Waals surface area contributed by atoms with Crippen molar-refractivity contribution in [3.05, 3.63) is 64.9 Å². The molecule has 2 aromatic rings. The van der Waals surface area contributed by atoms with Gasteiger partial charge < -0.3 is 5.73 Å². The fourth-order valence-electron chi connectivity index (χ4n) is 2.02. The number of aromatic nitrogens is 1. The fourth-order valence-corrected chi connectivity index (χ4v) is 2.20. The summed E-state index contributed by atoms with van der Waals surface area (Å²) in [6.45, 7) is 3.09. The van der Waals surface area contributed by atoms with E-state index in [9.17, 15) is 0 Å². The lowest BCUT2D eigenvalue weighted by Gasteiger charge is -2.22. The van der Waals surface area contributed by atoms with Crippen LogP contribution >= 0.6 is 11.6 Å². The summed E-state index contributed by atoms with van der Waals surface area (Å²) in [5, 5.41) is 0.567. The average Bonchev–Trinajstić information content (AvgIpc) is 2.43. The van der Waals surface area contributed by atoms with Crippen LogP contribution < -0.4 is 5.73 Å². The van der Waals surface area contributed by atoms with E-state index >= 15 is 0 Å². The molecule has 0 radical (unpaired) electrons. The third kappa shape index (κ3) is 4.31. The molecular formula is C15H18ClN3. The summed E-state index contributed by atoms with van der Waals surface area (Å²) >= 11 is 6.10. The number of pyridine rings is 1. The third-order valence-corrected chi connectivity index (χ3v) is 3.26. The van der Waals surface area contributed by atoms with Gasteiger partial charge in [0.25, 0.3) is 0 Å². The molecule has 1 aromatic carbocycles. The normalized spacial score (nSPS) is 10.9. The van der Waals surface area contributed by atoms with Gasteiger partial charge in [-0.05, 0) is 11.6 Å². The van der Waals surface area contributed by atoms with Crippen LogP contribution in [-0.4, -0.2) is 23.0 Å². The zero-order chi connectivity index (χ0) is 13.5. The molecule has 1 heterocycles. The van der Waals surface area contributed by atoms with Crippen molar-refractivity contribution in [3.63, 3.8) is 0 Å². The highest BCUT2D eigenvalue weighted by atomic mass is 35.5. The van der Waals surface area contributed by atoms with Crippen molar-refractivity contribution in [2.75, 3.05) is 13.1 Å². The van der Waals surface area contributed by atoms with Gasteiger partial charge >= 0.3 is 0 Å². The Hall–Kier alpha value is -1.42. The van der Waals surface area contributed by atoms with E-state index in [2.05, 4.69) is 22.0 Å². The molecule has 0 spiro atoms. The van der Waals surface area contributed by atoms with Crippen molar-refractivity contribution >= 4 is 11.6 Å². The maximum atomic E-state index is 6.10. The number of nitrogens with two attached hydrogens (primary N) is 1. The molecule has 2 N–H and O–H groups in total. The van der Waals surface area contributed by atoms with Crippen molar-refractivity contribution in [3.8, 4) is 0 Å². The SMILES string of the molecule is NCCN(Cc1ccccc1)Cc1cccnc1Cl. The molecule has 1 aromatic heterocycles. The fraction of sp³-hybridized carbons (Fsp3) is 0.267. The molecule has 0 saturated heterocycles. The Bertz CT molecular complexity index is 502. The summed E-state index contributed by atoms with van der Waals surface area (Å²) in [6.07, 6.45) is 1.70. The van der Waals surface area contributed by atoms with Gasteiger partial charge in [0.2, 0.25) is 0 Å². The van der Waals surface area contributed by atoms with Gasteiger partial charge in [-0.2, -0.15) is 0 Å². The molecular weight excluding hydrogens is 258 g/mol. The molecule has 0 bridgehead atoms. The Morgan fingerprint density at radius 3 is 2.53 bits per heavy atom. The Kier molecular flexibility index (Phi) is 5.33. The number of rotatable bonds is 6. The van der Waals surface area contributed by atoms with E-state index in [0.717, 1.165) is 25.2 Å². The lowest BCUT2D eigenvalue weighted by Crippen LogP contribution is -2.28. The first-order valence-corrected chi connectivity index (χ1v) is 6.73. The van der Waals surface area contributed by atoms with Gasteiger partial charge in [0, 0.05) is 37.9 Å². The van der Waals surface area contributed by atoms with Crippen LogP contribution in [0.2, 0.25) is 5.15 Å². The minimum absolute atomic E-state index is 0.567. The molecule has 0 unspecified atom stereocenters. The smallest absolute Gasteiger partial charge is 0.133 e. The maximum absolute atomic E-state index is 6.10. The van der Waals surface area contributed by atoms with Crippen molar-refractivity contribution < 1.29 is 0 Å². The monoisotopic (exact) mass is 275 g/mol. The second-order valence-electron chi connectivity index (χ2n) is 4.44. The van der Waals surface area contributed by atoms with Crippen LogP contribution in [0.1, 0.15) is 11.1 Å². The predicted octanol–water partition coefficient (Wildman–Crippen LogP) is 2.70. The Morgan fingerprint density at radius 1 is 1.05 bits per heavy atom. The van der Waals surface area contributed by atoms with E-state index in [-0.39, 0.29) is 0 Å². The topological polar surface area (TPSA) is 42.1 Å². The molecule has 0 aliphatic heterocycles. The lowest BCUT2D eigenvalue weighted by molar-refractivity contribution is 0.264. The van der Waals surface area contributed by atoms with Crippen LogP contribution in [0.25, 0.3) is 0 Å². The molecule has 0 atom stereocenters. The van der Waals surface area contributed by atoms with Gasteiger partial charge in [0.1, 0.15) is 5.15 Å². The summed E-state index contributed by atoms with van der Waals surface area (Å²) in [4.78, 5) is 6.38. The second-order valence-corrected chi connectivity index (χ2v) is 4.80. The Labute approximate surface area is 119 Å². The average molecular weight is 276 g/mol. The molecule has 100 valence electrons. The standard InChI is InChI=1S/C15H18ClN3/c16-15-14(7-4-9-18-15)12-19(10-8-17)11-13-5-2-1-3-6-13/h1-7,9H,8,10-12,17H2. The molecule has 3 nitrogen and oxygen atoms in total. The quantitative estimate of drug-likeness (QED) is 0.824. The second kappa shape index (κ2) is 7.24. The van der Waals surface area contributed by atoms with Crippen LogP contribution in [-0.2, 0) is 13.1 Å². The van der Waals surface area contributed by atoms with E-state index in [4.69, 9.17) is 17.3 Å². The highest BCUT2D eigenvalue weighted by Crippen LogP contribution is 2.15. The Balaban J connectivity index is 2.06. The van der Waals surface area contributed by atoms with E-state index in [1.54, 1.807) is 6.20 Å². The van der Waals surface area contributed by atoms with E-state index < -0.39 is 0 Å². The van der Waals surface area contributed by atoms with Crippen LogP contribution in [0.5, 0.6) is 0 Å². The van der Waals surface area contributed by atoms with Crippen molar-refractivity contribution in [2.45, 2.75) is 13.1 Å². The molecule has 19 heavy (non-hydrogen) atoms. The summed E-state index contributed by atoms with van der Waals surface area (Å²) in [6, 6.07) is 14.3. The molecule has 0 amide bonds. The molecule has 4 heteroatoms. The summed E-state index contributed by atoms with van der Waals surface area (Å²) in [7, 11) is 0. The molecule has 2 rings (SSSR count). The third-order valence-electron chi connectivity index (χ3n) is 2.92. The zero-order valence-corrected chi connectivity index (χ0v) is 11.6. The molecule has 0 aliphatic carbocycles. The summed E-state index contributed by atoms with van der Waals surface area (Å²) in [5.41, 5.74) is 7.99. The number of hydrogen-bond acceptors (Lipinski definition) is 3. The van der Waals surface area contributed by atoms with Crippen LogP contribution in [0.3, 0.4) is 0 Å². The van der Waals surface area contributed by atoms with Gasteiger partial charge in [0.15, 0.2) is 0 Å². The number of halogens is 1.